The van der Waals surface area contributed by atoms with Crippen molar-refractivity contribution in [1.29, 1.82) is 0 Å². The molecule has 0 atom stereocenters. The number of aromatic hydroxyl groups is 1. The fourth-order valence-electron chi connectivity index (χ4n) is 3.20. The third-order valence-corrected chi connectivity index (χ3v) is 6.25. The summed E-state index contributed by atoms with van der Waals surface area (Å²) in [4.78, 5) is 37.9. The van der Waals surface area contributed by atoms with Crippen LogP contribution in [0.5, 0.6) is 17.2 Å². The number of carboxylic acids is 1. The number of phenols is 1. The monoisotopic (exact) mass is 502 g/mol. The zero-order valence-electron chi connectivity index (χ0n) is 18.4. The third kappa shape index (κ3) is 5.86. The van der Waals surface area contributed by atoms with Gasteiger partial charge in [0.2, 0.25) is 5.91 Å². The molecule has 9 nitrogen and oxygen atoms in total. The Hall–Kier alpha value is -3.57. The van der Waals surface area contributed by atoms with Gasteiger partial charge in [0, 0.05) is 24.7 Å². The lowest BCUT2D eigenvalue weighted by atomic mass is 10.1. The van der Waals surface area contributed by atoms with Gasteiger partial charge in [0.05, 0.1) is 19.1 Å². The number of carboxylic acid groups (broad SMARTS) is 1. The number of nitrogens with zero attached hydrogens (tertiary/aromatic N) is 1. The van der Waals surface area contributed by atoms with Gasteiger partial charge in [-0.25, -0.2) is 4.79 Å². The van der Waals surface area contributed by atoms with Crippen molar-refractivity contribution >= 4 is 57.8 Å². The molecule has 0 saturated carbocycles. The summed E-state index contributed by atoms with van der Waals surface area (Å²) in [6, 6.07) is 9.08. The van der Waals surface area contributed by atoms with E-state index in [4.69, 9.17) is 26.8 Å². The minimum absolute atomic E-state index is 0.104. The van der Waals surface area contributed by atoms with E-state index in [0.717, 1.165) is 5.56 Å². The van der Waals surface area contributed by atoms with Gasteiger partial charge in [-0.05, 0) is 42.3 Å². The second-order valence-electron chi connectivity index (χ2n) is 7.14. The number of anilines is 1. The highest BCUT2D eigenvalue weighted by atomic mass is 32.2. The molecule has 0 aromatic heterocycles. The number of hydrogen-bond donors (Lipinski definition) is 3. The second-order valence-corrected chi connectivity index (χ2v) is 8.81. The predicted octanol–water partition coefficient (Wildman–Crippen LogP) is 3.73. The van der Waals surface area contributed by atoms with Crippen LogP contribution in [0.15, 0.2) is 41.3 Å². The summed E-state index contributed by atoms with van der Waals surface area (Å²) in [5, 5.41) is 21.3. The fourth-order valence-corrected chi connectivity index (χ4v) is 4.51. The van der Waals surface area contributed by atoms with Crippen molar-refractivity contribution in [2.24, 2.45) is 0 Å². The van der Waals surface area contributed by atoms with Crippen LogP contribution in [0.2, 0.25) is 0 Å². The van der Waals surface area contributed by atoms with E-state index in [1.54, 1.807) is 31.4 Å². The van der Waals surface area contributed by atoms with E-state index in [1.807, 2.05) is 0 Å². The first kappa shape index (κ1) is 25.1. The van der Waals surface area contributed by atoms with Crippen LogP contribution in [0, 0.1) is 0 Å². The number of carbonyl (C=O) groups is 3. The number of nitrogens with one attached hydrogen (secondary N) is 1. The molecule has 1 saturated heterocycles. The molecule has 0 unspecified atom stereocenters. The molecule has 1 heterocycles. The first-order valence-corrected chi connectivity index (χ1v) is 11.3. The number of hydrogen-bond acceptors (Lipinski definition) is 8. The molecule has 2 amide bonds. The van der Waals surface area contributed by atoms with Crippen molar-refractivity contribution in [2.75, 3.05) is 26.1 Å². The van der Waals surface area contributed by atoms with Crippen molar-refractivity contribution in [2.45, 2.75) is 12.8 Å². The Morgan fingerprint density at radius 1 is 1.15 bits per heavy atom. The summed E-state index contributed by atoms with van der Waals surface area (Å²) in [6.45, 7) is 0.268. The molecule has 34 heavy (non-hydrogen) atoms. The van der Waals surface area contributed by atoms with Crippen LogP contribution in [-0.4, -0.2) is 58.0 Å². The summed E-state index contributed by atoms with van der Waals surface area (Å²) in [7, 11) is 3.08. The molecule has 1 aliphatic rings. The summed E-state index contributed by atoms with van der Waals surface area (Å²) in [5.41, 5.74) is 0.777. The van der Waals surface area contributed by atoms with E-state index in [-0.39, 0.29) is 36.0 Å². The maximum absolute atomic E-state index is 12.8. The highest BCUT2D eigenvalue weighted by Crippen LogP contribution is 2.34. The molecule has 3 N–H and O–H groups in total. The van der Waals surface area contributed by atoms with Crippen molar-refractivity contribution < 1.29 is 34.1 Å². The molecule has 0 radical (unpaired) electrons. The van der Waals surface area contributed by atoms with Gasteiger partial charge in [0.1, 0.15) is 15.6 Å². The normalized spacial score (nSPS) is 14.4. The quantitative estimate of drug-likeness (QED) is 0.347. The van der Waals surface area contributed by atoms with Crippen LogP contribution in [-0.2, 0) is 9.59 Å². The van der Waals surface area contributed by atoms with Crippen LogP contribution in [0.1, 0.15) is 28.8 Å². The van der Waals surface area contributed by atoms with E-state index in [2.05, 4.69) is 5.32 Å². The Bertz CT molecular complexity index is 1180. The molecule has 178 valence electrons. The minimum Gasteiger partial charge on any atom is -0.507 e. The topological polar surface area (TPSA) is 125 Å². The average Bonchev–Trinajstić information content (AvgIpc) is 3.06. The van der Waals surface area contributed by atoms with E-state index < -0.39 is 11.7 Å². The molecular formula is C23H22N2O7S2. The number of aromatic carboxylic acids is 1. The third-order valence-electron chi connectivity index (χ3n) is 4.88. The average molecular weight is 503 g/mol. The standard InChI is InChI=1S/C23H22N2O7S2/c1-31-17-8-5-13(10-18(17)32-2)11-19-21(28)25(23(33)34-19)9-3-4-20(27)24-14-6-7-15(22(29)30)16(26)12-14/h5-8,10-12,26H,3-4,9H2,1-2H3,(H,24,27)(H,29,30). The molecule has 1 aliphatic heterocycles. The zero-order chi connectivity index (χ0) is 24.8. The van der Waals surface area contributed by atoms with E-state index in [9.17, 15) is 19.5 Å². The summed E-state index contributed by atoms with van der Waals surface area (Å²) >= 11 is 6.52. The van der Waals surface area contributed by atoms with Crippen LogP contribution in [0.4, 0.5) is 5.69 Å². The van der Waals surface area contributed by atoms with Crippen LogP contribution < -0.4 is 14.8 Å². The highest BCUT2D eigenvalue weighted by Gasteiger charge is 2.31. The molecule has 3 rings (SSSR count). The van der Waals surface area contributed by atoms with E-state index >= 15 is 0 Å². The number of amides is 2. The van der Waals surface area contributed by atoms with Crippen molar-refractivity contribution in [3.63, 3.8) is 0 Å². The van der Waals surface area contributed by atoms with Crippen molar-refractivity contribution in [1.82, 2.24) is 4.90 Å². The smallest absolute Gasteiger partial charge is 0.339 e. The molecule has 2 aromatic rings. The number of thiocarbonyl (C=S) groups is 1. The Morgan fingerprint density at radius 2 is 1.88 bits per heavy atom. The van der Waals surface area contributed by atoms with Gasteiger partial charge < -0.3 is 25.0 Å². The molecule has 11 heteroatoms. The van der Waals surface area contributed by atoms with E-state index in [1.165, 1.54) is 42.0 Å². The van der Waals surface area contributed by atoms with Crippen LogP contribution in [0.3, 0.4) is 0 Å². The lowest BCUT2D eigenvalue weighted by Crippen LogP contribution is -2.29. The maximum Gasteiger partial charge on any atom is 0.339 e. The first-order chi connectivity index (χ1) is 16.2. The lowest BCUT2D eigenvalue weighted by Gasteiger charge is -2.14. The first-order valence-electron chi connectivity index (χ1n) is 10.1. The molecule has 0 bridgehead atoms. The van der Waals surface area contributed by atoms with Crippen LogP contribution >= 0.6 is 24.0 Å². The Balaban J connectivity index is 1.56. The summed E-state index contributed by atoms with van der Waals surface area (Å²) in [6.07, 6.45) is 2.19. The van der Waals surface area contributed by atoms with E-state index in [0.29, 0.717) is 27.1 Å². The summed E-state index contributed by atoms with van der Waals surface area (Å²) < 4.78 is 10.9. The Morgan fingerprint density at radius 3 is 2.53 bits per heavy atom. The van der Waals surface area contributed by atoms with Crippen molar-refractivity contribution in [3.8, 4) is 17.2 Å². The van der Waals surface area contributed by atoms with Gasteiger partial charge in [-0.1, -0.05) is 30.0 Å². The summed E-state index contributed by atoms with van der Waals surface area (Å²) in [5.74, 6) is -1.15. The lowest BCUT2D eigenvalue weighted by molar-refractivity contribution is -0.122. The number of thioether (sulfide) groups is 1. The number of ether oxygens (including phenoxy) is 2. The van der Waals surface area contributed by atoms with Gasteiger partial charge >= 0.3 is 5.97 Å². The minimum atomic E-state index is -1.26. The van der Waals surface area contributed by atoms with Gasteiger partial charge in [0.25, 0.3) is 5.91 Å². The SMILES string of the molecule is COc1ccc(C=C2SC(=S)N(CCCC(=O)Nc3ccc(C(=O)O)c(O)c3)C2=O)cc1OC. The highest BCUT2D eigenvalue weighted by molar-refractivity contribution is 8.26. The number of benzene rings is 2. The molecule has 0 aliphatic carbocycles. The largest absolute Gasteiger partial charge is 0.507 e. The van der Waals surface area contributed by atoms with Gasteiger partial charge in [-0.2, -0.15) is 0 Å². The fraction of sp³-hybridized carbons (Fsp3) is 0.217. The van der Waals surface area contributed by atoms with Gasteiger partial charge in [-0.15, -0.1) is 0 Å². The Labute approximate surface area is 205 Å². The number of methoxy groups -OCH3 is 2. The van der Waals surface area contributed by atoms with Gasteiger partial charge in [-0.3, -0.25) is 14.5 Å². The van der Waals surface area contributed by atoms with Crippen LogP contribution in [0.25, 0.3) is 6.08 Å². The Kier molecular flexibility index (Phi) is 8.13. The molecule has 2 aromatic carbocycles. The van der Waals surface area contributed by atoms with Gasteiger partial charge in [0.15, 0.2) is 11.5 Å². The predicted molar refractivity (Wildman–Crippen MR) is 132 cm³/mol. The second kappa shape index (κ2) is 11.0. The van der Waals surface area contributed by atoms with Crippen molar-refractivity contribution in [3.05, 3.63) is 52.4 Å². The number of carbonyl (C=O) groups excluding carboxylic acids is 2. The zero-order valence-corrected chi connectivity index (χ0v) is 20.0. The molecule has 0 spiro atoms. The maximum atomic E-state index is 12.8. The molecular weight excluding hydrogens is 480 g/mol. The number of rotatable bonds is 9. The molecule has 1 fully saturated rings.